The van der Waals surface area contributed by atoms with Gasteiger partial charge in [-0.1, -0.05) is 43.3 Å². The maximum Gasteiger partial charge on any atom is 0.290 e. The van der Waals surface area contributed by atoms with E-state index in [4.69, 9.17) is 0 Å². The predicted molar refractivity (Wildman–Crippen MR) is 86.6 cm³/mol. The number of hydroxylamine groups is 1. The number of hydrogen-bond donors (Lipinski definition) is 2. The summed E-state index contributed by atoms with van der Waals surface area (Å²) in [4.78, 5) is 27.2. The number of fused-ring (bicyclic) bond motifs is 3. The van der Waals surface area contributed by atoms with Crippen LogP contribution in [0.2, 0.25) is 0 Å². The minimum atomic E-state index is -2.35. The minimum absolute atomic E-state index is 0.172. The number of carbonyl (C=O) groups excluding carboxylic acids is 2. The molecule has 2 amide bonds. The summed E-state index contributed by atoms with van der Waals surface area (Å²) >= 11 is 0. The monoisotopic (exact) mass is 324 g/mol. The Hall–Kier alpha value is -2.70. The van der Waals surface area contributed by atoms with E-state index in [1.165, 1.54) is 0 Å². The largest absolute Gasteiger partial charge is 0.360 e. The second-order valence-corrected chi connectivity index (χ2v) is 6.04. The van der Waals surface area contributed by atoms with Gasteiger partial charge in [-0.2, -0.15) is 0 Å². The van der Waals surface area contributed by atoms with Crippen LogP contribution in [0.15, 0.2) is 54.6 Å². The number of hydrogen-bond acceptors (Lipinski definition) is 5. The molecule has 0 saturated carbocycles. The van der Waals surface area contributed by atoms with Crippen molar-refractivity contribution >= 4 is 23.2 Å². The SMILES string of the molecule is CC[C@]12C(=O)N(c3ccccc3)C(=O)[C@@]1(O)N(O)c1ccccc12. The molecule has 2 atom stereocenters. The maximum absolute atomic E-state index is 13.3. The zero-order valence-corrected chi connectivity index (χ0v) is 13.0. The summed E-state index contributed by atoms with van der Waals surface area (Å²) in [6.07, 6.45) is 0.172. The van der Waals surface area contributed by atoms with E-state index in [1.54, 1.807) is 61.5 Å². The van der Waals surface area contributed by atoms with Crippen molar-refractivity contribution in [3.05, 3.63) is 60.2 Å². The lowest BCUT2D eigenvalue weighted by atomic mass is 9.73. The molecule has 0 radical (unpaired) electrons. The Labute approximate surface area is 138 Å². The van der Waals surface area contributed by atoms with E-state index in [1.807, 2.05) is 0 Å². The van der Waals surface area contributed by atoms with Gasteiger partial charge in [0.1, 0.15) is 5.41 Å². The molecule has 2 N–H and O–H groups in total. The Kier molecular flexibility index (Phi) is 2.88. The Balaban J connectivity index is 2.00. The Bertz CT molecular complexity index is 853. The van der Waals surface area contributed by atoms with Gasteiger partial charge < -0.3 is 5.11 Å². The summed E-state index contributed by atoms with van der Waals surface area (Å²) < 4.78 is 0. The molecule has 122 valence electrons. The molecule has 0 unspecified atom stereocenters. The van der Waals surface area contributed by atoms with Crippen LogP contribution in [-0.2, 0) is 15.0 Å². The number of imide groups is 1. The number of rotatable bonds is 2. The van der Waals surface area contributed by atoms with Crippen molar-refractivity contribution in [2.24, 2.45) is 0 Å². The van der Waals surface area contributed by atoms with Gasteiger partial charge in [-0.25, -0.2) is 9.96 Å². The van der Waals surface area contributed by atoms with Crippen LogP contribution in [0.5, 0.6) is 0 Å². The van der Waals surface area contributed by atoms with Crippen molar-refractivity contribution in [2.75, 3.05) is 9.96 Å². The third-order valence-electron chi connectivity index (χ3n) is 5.11. The van der Waals surface area contributed by atoms with E-state index in [9.17, 15) is 19.9 Å². The van der Waals surface area contributed by atoms with Gasteiger partial charge in [-0.15, -0.1) is 0 Å². The highest BCUT2D eigenvalue weighted by molar-refractivity contribution is 6.30. The standard InChI is InChI=1S/C18H16N2O4/c1-2-17-13-10-6-7-11-14(13)20(24)18(17,23)16(22)19(15(17)21)12-8-4-3-5-9-12/h3-11,23-24H,2H2,1H3/t17-,18-/m0/s1. The number of para-hydroxylation sites is 2. The molecule has 0 bridgehead atoms. The molecule has 24 heavy (non-hydrogen) atoms. The second-order valence-electron chi connectivity index (χ2n) is 6.04. The molecular weight excluding hydrogens is 308 g/mol. The summed E-state index contributed by atoms with van der Waals surface area (Å²) in [7, 11) is 0. The molecule has 1 fully saturated rings. The van der Waals surface area contributed by atoms with Crippen molar-refractivity contribution in [3.63, 3.8) is 0 Å². The second kappa shape index (κ2) is 4.66. The molecule has 2 aromatic carbocycles. The first-order valence-electron chi connectivity index (χ1n) is 7.75. The first kappa shape index (κ1) is 14.9. The maximum atomic E-state index is 13.3. The van der Waals surface area contributed by atoms with Crippen LogP contribution in [0, 0.1) is 0 Å². The predicted octanol–water partition coefficient (Wildman–Crippen LogP) is 1.81. The smallest absolute Gasteiger partial charge is 0.290 e. The van der Waals surface area contributed by atoms with E-state index in [0.29, 0.717) is 16.3 Å². The van der Waals surface area contributed by atoms with Crippen LogP contribution in [0.1, 0.15) is 18.9 Å². The highest BCUT2D eigenvalue weighted by Crippen LogP contribution is 2.57. The highest BCUT2D eigenvalue weighted by atomic mass is 16.6. The van der Waals surface area contributed by atoms with Gasteiger partial charge in [-0.05, 0) is 30.2 Å². The quantitative estimate of drug-likeness (QED) is 0.824. The van der Waals surface area contributed by atoms with Crippen LogP contribution in [-0.4, -0.2) is 27.9 Å². The van der Waals surface area contributed by atoms with E-state index in [2.05, 4.69) is 0 Å². The van der Waals surface area contributed by atoms with Gasteiger partial charge in [0.15, 0.2) is 0 Å². The van der Waals surface area contributed by atoms with Gasteiger partial charge in [0, 0.05) is 0 Å². The molecule has 2 aliphatic rings. The minimum Gasteiger partial charge on any atom is -0.360 e. The average Bonchev–Trinajstić information content (AvgIpc) is 2.93. The van der Waals surface area contributed by atoms with Crippen LogP contribution in [0.3, 0.4) is 0 Å². The van der Waals surface area contributed by atoms with Gasteiger partial charge >= 0.3 is 0 Å². The lowest BCUT2D eigenvalue weighted by Gasteiger charge is -2.33. The molecule has 0 aliphatic carbocycles. The lowest BCUT2D eigenvalue weighted by molar-refractivity contribution is -0.147. The van der Waals surface area contributed by atoms with Crippen LogP contribution in [0.25, 0.3) is 0 Å². The summed E-state index contributed by atoms with van der Waals surface area (Å²) in [6, 6.07) is 15.1. The third kappa shape index (κ3) is 1.39. The summed E-state index contributed by atoms with van der Waals surface area (Å²) in [5.41, 5.74) is -2.79. The van der Waals surface area contributed by atoms with Gasteiger partial charge in [-0.3, -0.25) is 14.8 Å². The fourth-order valence-electron chi connectivity index (χ4n) is 3.94. The third-order valence-corrected chi connectivity index (χ3v) is 5.11. The topological polar surface area (TPSA) is 81.1 Å². The van der Waals surface area contributed by atoms with E-state index < -0.39 is 23.0 Å². The number of anilines is 2. The molecule has 2 heterocycles. The molecule has 4 rings (SSSR count). The zero-order valence-electron chi connectivity index (χ0n) is 13.0. The molecule has 0 aromatic heterocycles. The Morgan fingerprint density at radius 3 is 2.25 bits per heavy atom. The van der Waals surface area contributed by atoms with Gasteiger partial charge in [0.05, 0.1) is 11.4 Å². The van der Waals surface area contributed by atoms with Crippen molar-refractivity contribution in [2.45, 2.75) is 24.5 Å². The zero-order chi connectivity index (χ0) is 17.1. The summed E-state index contributed by atoms with van der Waals surface area (Å²) in [5.74, 6) is -1.38. The molecule has 2 aromatic rings. The summed E-state index contributed by atoms with van der Waals surface area (Å²) in [6.45, 7) is 1.72. The fraction of sp³-hybridized carbons (Fsp3) is 0.222. The van der Waals surface area contributed by atoms with Crippen molar-refractivity contribution in [3.8, 4) is 0 Å². The fourth-order valence-corrected chi connectivity index (χ4v) is 3.94. The summed E-state index contributed by atoms with van der Waals surface area (Å²) in [5, 5.41) is 22.3. The number of carbonyl (C=O) groups is 2. The van der Waals surface area contributed by atoms with Gasteiger partial charge in [0.25, 0.3) is 11.6 Å². The Morgan fingerprint density at radius 2 is 1.58 bits per heavy atom. The highest BCUT2D eigenvalue weighted by Gasteiger charge is 2.76. The number of amides is 2. The molecule has 2 aliphatic heterocycles. The number of aliphatic hydroxyl groups is 1. The Morgan fingerprint density at radius 1 is 0.958 bits per heavy atom. The van der Waals surface area contributed by atoms with Crippen molar-refractivity contribution in [1.82, 2.24) is 0 Å². The normalized spacial score (nSPS) is 28.3. The molecule has 0 spiro atoms. The van der Waals surface area contributed by atoms with Crippen LogP contribution < -0.4 is 9.96 Å². The van der Waals surface area contributed by atoms with Crippen LogP contribution >= 0.6 is 0 Å². The number of benzene rings is 2. The molecule has 6 heteroatoms. The van der Waals surface area contributed by atoms with E-state index in [0.717, 1.165) is 4.90 Å². The number of nitrogens with zero attached hydrogens (tertiary/aromatic N) is 2. The molecule has 6 nitrogen and oxygen atoms in total. The van der Waals surface area contributed by atoms with Crippen LogP contribution in [0.4, 0.5) is 11.4 Å². The van der Waals surface area contributed by atoms with E-state index >= 15 is 0 Å². The van der Waals surface area contributed by atoms with Crippen molar-refractivity contribution < 1.29 is 19.9 Å². The van der Waals surface area contributed by atoms with Gasteiger partial charge in [0.2, 0.25) is 5.91 Å². The lowest BCUT2D eigenvalue weighted by Crippen LogP contribution is -2.59. The first-order chi connectivity index (χ1) is 11.5. The average molecular weight is 324 g/mol. The first-order valence-corrected chi connectivity index (χ1v) is 7.75. The van der Waals surface area contributed by atoms with E-state index in [-0.39, 0.29) is 12.1 Å². The molecular formula is C18H16N2O4. The molecule has 1 saturated heterocycles. The van der Waals surface area contributed by atoms with Crippen molar-refractivity contribution in [1.29, 1.82) is 0 Å².